The smallest absolute Gasteiger partial charge is 0.306 e. The van der Waals surface area contributed by atoms with Crippen LogP contribution in [-0.2, 0) is 14.3 Å². The van der Waals surface area contributed by atoms with Gasteiger partial charge in [-0.05, 0) is 18.4 Å². The quantitative estimate of drug-likeness (QED) is 0.533. The zero-order valence-electron chi connectivity index (χ0n) is 12.8. The van der Waals surface area contributed by atoms with Crippen LogP contribution < -0.4 is 5.32 Å². The lowest BCUT2D eigenvalue weighted by Crippen LogP contribution is -2.30. The summed E-state index contributed by atoms with van der Waals surface area (Å²) >= 11 is 0. The Morgan fingerprint density at radius 2 is 1.73 bits per heavy atom. The van der Waals surface area contributed by atoms with Gasteiger partial charge in [-0.15, -0.1) is 13.2 Å². The van der Waals surface area contributed by atoms with Crippen molar-refractivity contribution in [1.82, 2.24) is 5.32 Å². The molecule has 1 atom stereocenters. The molecule has 0 unspecified atom stereocenters. The topological polar surface area (TPSA) is 55.4 Å². The predicted molar refractivity (Wildman–Crippen MR) is 87.1 cm³/mol. The van der Waals surface area contributed by atoms with Crippen molar-refractivity contribution >= 4 is 11.9 Å². The number of amides is 1. The second kappa shape index (κ2) is 10.4. The SMILES string of the molecule is C=CCCC(=O)NC[C@H](OC(=O)CCC=C)c1ccccc1. The summed E-state index contributed by atoms with van der Waals surface area (Å²) in [6.45, 7) is 7.43. The van der Waals surface area contributed by atoms with Crippen LogP contribution in [0.15, 0.2) is 55.6 Å². The molecular weight excluding hydrogens is 278 g/mol. The molecule has 0 heterocycles. The minimum atomic E-state index is -0.480. The number of nitrogens with one attached hydrogen (secondary N) is 1. The number of rotatable bonds is 10. The molecule has 0 radical (unpaired) electrons. The summed E-state index contributed by atoms with van der Waals surface area (Å²) in [7, 11) is 0. The molecule has 0 aliphatic heterocycles. The summed E-state index contributed by atoms with van der Waals surface area (Å²) in [5.74, 6) is -0.378. The molecule has 22 heavy (non-hydrogen) atoms. The number of ether oxygens (including phenoxy) is 1. The second-order valence-corrected chi connectivity index (χ2v) is 4.85. The molecule has 4 nitrogen and oxygen atoms in total. The highest BCUT2D eigenvalue weighted by atomic mass is 16.5. The van der Waals surface area contributed by atoms with Gasteiger partial charge in [0.15, 0.2) is 0 Å². The van der Waals surface area contributed by atoms with Crippen molar-refractivity contribution < 1.29 is 14.3 Å². The van der Waals surface area contributed by atoms with E-state index in [4.69, 9.17) is 4.74 Å². The van der Waals surface area contributed by atoms with E-state index in [0.29, 0.717) is 19.3 Å². The highest BCUT2D eigenvalue weighted by molar-refractivity contribution is 5.76. The average Bonchev–Trinajstić information content (AvgIpc) is 2.55. The van der Waals surface area contributed by atoms with Crippen molar-refractivity contribution in [1.29, 1.82) is 0 Å². The van der Waals surface area contributed by atoms with Crippen molar-refractivity contribution in [3.8, 4) is 0 Å². The maximum Gasteiger partial charge on any atom is 0.306 e. The van der Waals surface area contributed by atoms with Gasteiger partial charge >= 0.3 is 5.97 Å². The number of benzene rings is 1. The Bertz CT molecular complexity index is 496. The fraction of sp³-hybridized carbons (Fsp3) is 0.333. The van der Waals surface area contributed by atoms with Crippen LogP contribution in [-0.4, -0.2) is 18.4 Å². The van der Waals surface area contributed by atoms with Crippen LogP contribution in [0.4, 0.5) is 0 Å². The minimum absolute atomic E-state index is 0.0806. The van der Waals surface area contributed by atoms with E-state index in [0.717, 1.165) is 5.56 Å². The normalized spacial score (nSPS) is 11.3. The number of hydrogen-bond acceptors (Lipinski definition) is 3. The molecule has 4 heteroatoms. The van der Waals surface area contributed by atoms with Gasteiger partial charge in [-0.25, -0.2) is 0 Å². The van der Waals surface area contributed by atoms with E-state index in [1.807, 2.05) is 30.3 Å². The van der Waals surface area contributed by atoms with Gasteiger partial charge in [0.1, 0.15) is 6.10 Å². The zero-order chi connectivity index (χ0) is 16.2. The lowest BCUT2D eigenvalue weighted by molar-refractivity contribution is -0.149. The van der Waals surface area contributed by atoms with Gasteiger partial charge in [0.05, 0.1) is 6.54 Å². The first-order valence-corrected chi connectivity index (χ1v) is 7.40. The lowest BCUT2D eigenvalue weighted by Gasteiger charge is -2.19. The molecule has 0 spiro atoms. The number of carbonyl (C=O) groups excluding carboxylic acids is 2. The highest BCUT2D eigenvalue weighted by Gasteiger charge is 2.17. The Morgan fingerprint density at radius 1 is 1.09 bits per heavy atom. The van der Waals surface area contributed by atoms with Crippen LogP contribution in [0.2, 0.25) is 0 Å². The summed E-state index contributed by atoms with van der Waals surface area (Å²) in [6, 6.07) is 9.39. The molecule has 1 amide bonds. The fourth-order valence-electron chi connectivity index (χ4n) is 1.86. The molecule has 1 aromatic rings. The van der Waals surface area contributed by atoms with Crippen molar-refractivity contribution in [2.45, 2.75) is 31.8 Å². The van der Waals surface area contributed by atoms with Crippen LogP contribution in [0.3, 0.4) is 0 Å². The van der Waals surface area contributed by atoms with Crippen LogP contribution in [0, 0.1) is 0 Å². The lowest BCUT2D eigenvalue weighted by atomic mass is 10.1. The summed E-state index contributed by atoms with van der Waals surface area (Å²) in [5, 5.41) is 2.79. The monoisotopic (exact) mass is 301 g/mol. The molecule has 0 saturated heterocycles. The first kappa shape index (κ1) is 17.7. The maximum atomic E-state index is 11.8. The molecule has 0 fully saturated rings. The zero-order valence-corrected chi connectivity index (χ0v) is 12.8. The third-order valence-electron chi connectivity index (χ3n) is 3.06. The van der Waals surface area contributed by atoms with Gasteiger partial charge in [0.2, 0.25) is 5.91 Å². The summed E-state index contributed by atoms with van der Waals surface area (Å²) in [6.07, 6.45) is 4.77. The van der Waals surface area contributed by atoms with E-state index in [1.54, 1.807) is 12.2 Å². The Labute approximate surface area is 131 Å². The Hall–Kier alpha value is -2.36. The van der Waals surface area contributed by atoms with E-state index < -0.39 is 6.10 Å². The Morgan fingerprint density at radius 3 is 2.36 bits per heavy atom. The van der Waals surface area contributed by atoms with Gasteiger partial charge in [-0.2, -0.15) is 0 Å². The molecule has 0 aromatic heterocycles. The summed E-state index contributed by atoms with van der Waals surface area (Å²) in [4.78, 5) is 23.5. The third-order valence-corrected chi connectivity index (χ3v) is 3.06. The third kappa shape index (κ3) is 6.88. The number of carbonyl (C=O) groups is 2. The van der Waals surface area contributed by atoms with Crippen LogP contribution in [0.25, 0.3) is 0 Å². The molecule has 118 valence electrons. The van der Waals surface area contributed by atoms with Crippen molar-refractivity contribution in [3.05, 3.63) is 61.2 Å². The number of hydrogen-bond donors (Lipinski definition) is 1. The Balaban J connectivity index is 2.62. The molecule has 0 aliphatic rings. The summed E-state index contributed by atoms with van der Waals surface area (Å²) in [5.41, 5.74) is 0.860. The molecular formula is C18H23NO3. The molecule has 1 aromatic carbocycles. The van der Waals surface area contributed by atoms with E-state index in [1.165, 1.54) is 0 Å². The Kier molecular flexibility index (Phi) is 8.35. The van der Waals surface area contributed by atoms with Gasteiger partial charge in [-0.1, -0.05) is 42.5 Å². The average molecular weight is 301 g/mol. The largest absolute Gasteiger partial charge is 0.456 e. The fourth-order valence-corrected chi connectivity index (χ4v) is 1.86. The summed E-state index contributed by atoms with van der Waals surface area (Å²) < 4.78 is 5.47. The van der Waals surface area contributed by atoms with Crippen molar-refractivity contribution in [2.24, 2.45) is 0 Å². The van der Waals surface area contributed by atoms with E-state index in [2.05, 4.69) is 18.5 Å². The first-order chi connectivity index (χ1) is 10.7. The molecule has 0 bridgehead atoms. The minimum Gasteiger partial charge on any atom is -0.456 e. The second-order valence-electron chi connectivity index (χ2n) is 4.85. The van der Waals surface area contributed by atoms with E-state index >= 15 is 0 Å². The van der Waals surface area contributed by atoms with Crippen molar-refractivity contribution in [2.75, 3.05) is 6.54 Å². The van der Waals surface area contributed by atoms with Gasteiger partial charge in [0, 0.05) is 12.8 Å². The van der Waals surface area contributed by atoms with E-state index in [9.17, 15) is 9.59 Å². The van der Waals surface area contributed by atoms with Crippen LogP contribution in [0.1, 0.15) is 37.4 Å². The molecule has 1 N–H and O–H groups in total. The van der Waals surface area contributed by atoms with Crippen molar-refractivity contribution in [3.63, 3.8) is 0 Å². The number of allylic oxidation sites excluding steroid dienone is 2. The standard InChI is InChI=1S/C18H23NO3/c1-3-5-12-17(20)19-14-16(15-10-8-7-9-11-15)22-18(21)13-6-4-2/h3-4,7-11,16H,1-2,5-6,12-14H2,(H,19,20)/t16-/m0/s1. The van der Waals surface area contributed by atoms with Gasteiger partial charge < -0.3 is 10.1 Å². The number of esters is 1. The van der Waals surface area contributed by atoms with Gasteiger partial charge in [-0.3, -0.25) is 9.59 Å². The molecule has 1 rings (SSSR count). The van der Waals surface area contributed by atoms with Gasteiger partial charge in [0.25, 0.3) is 0 Å². The van der Waals surface area contributed by atoms with Crippen LogP contribution in [0.5, 0.6) is 0 Å². The predicted octanol–water partition coefficient (Wildman–Crippen LogP) is 3.32. The van der Waals surface area contributed by atoms with Crippen LogP contribution >= 0.6 is 0 Å². The highest BCUT2D eigenvalue weighted by Crippen LogP contribution is 2.17. The van der Waals surface area contributed by atoms with E-state index in [-0.39, 0.29) is 24.8 Å². The first-order valence-electron chi connectivity index (χ1n) is 7.40. The molecule has 0 saturated carbocycles. The molecule has 0 aliphatic carbocycles. The maximum absolute atomic E-state index is 11.8.